The molecule has 3 rings (SSSR count). The number of nitrogens with zero attached hydrogens (tertiary/aromatic N) is 5. The standard InChI is InChI=1S/C17H18F2N6/c1-10(13-6-7-25-15(13)8-21-17(20)23-25)4-5-14-11(2)24(9-16(18)19)12(3)22-14/h4-8,16H,1,9H2,2-3H3,(H2,20,23)/b5-4-. The number of anilines is 1. The Bertz CT molecular complexity index is 967. The quantitative estimate of drug-likeness (QED) is 0.722. The van der Waals surface area contributed by atoms with E-state index >= 15 is 0 Å². The van der Waals surface area contributed by atoms with E-state index in [1.54, 1.807) is 42.9 Å². The number of hydrogen-bond acceptors (Lipinski definition) is 4. The maximum absolute atomic E-state index is 12.7. The Hall–Kier alpha value is -3.03. The largest absolute Gasteiger partial charge is 0.367 e. The van der Waals surface area contributed by atoms with Crippen molar-refractivity contribution in [2.45, 2.75) is 26.8 Å². The minimum Gasteiger partial charge on any atom is -0.367 e. The number of alkyl halides is 2. The number of nitrogens with two attached hydrogens (primary N) is 1. The lowest BCUT2D eigenvalue weighted by molar-refractivity contribution is 0.125. The Morgan fingerprint density at radius 1 is 1.40 bits per heavy atom. The first-order valence-electron chi connectivity index (χ1n) is 7.66. The van der Waals surface area contributed by atoms with Crippen molar-refractivity contribution in [3.8, 4) is 0 Å². The molecule has 0 amide bonds. The fourth-order valence-electron chi connectivity index (χ4n) is 2.72. The van der Waals surface area contributed by atoms with Gasteiger partial charge in [0, 0.05) is 17.5 Å². The first-order valence-corrected chi connectivity index (χ1v) is 7.66. The van der Waals surface area contributed by atoms with Gasteiger partial charge in [-0.25, -0.2) is 23.3 Å². The van der Waals surface area contributed by atoms with Crippen molar-refractivity contribution < 1.29 is 8.78 Å². The smallest absolute Gasteiger partial charge is 0.256 e. The minimum absolute atomic E-state index is 0.187. The third-order valence-corrected chi connectivity index (χ3v) is 3.99. The average Bonchev–Trinajstić information content (AvgIpc) is 3.08. The highest BCUT2D eigenvalue weighted by Crippen LogP contribution is 2.22. The zero-order valence-electron chi connectivity index (χ0n) is 13.9. The molecule has 25 heavy (non-hydrogen) atoms. The Morgan fingerprint density at radius 2 is 2.16 bits per heavy atom. The van der Waals surface area contributed by atoms with Crippen molar-refractivity contribution in [2.75, 3.05) is 5.73 Å². The van der Waals surface area contributed by atoms with E-state index in [-0.39, 0.29) is 12.5 Å². The SMILES string of the molecule is C=C(/C=C\c1nc(C)n(CC(F)F)c1C)c1ccn2nc(N)ncc12. The van der Waals surface area contributed by atoms with Crippen LogP contribution in [0.25, 0.3) is 17.2 Å². The van der Waals surface area contributed by atoms with Gasteiger partial charge in [-0.2, -0.15) is 0 Å². The molecule has 0 bridgehead atoms. The van der Waals surface area contributed by atoms with Crippen LogP contribution in [-0.2, 0) is 6.54 Å². The van der Waals surface area contributed by atoms with Crippen molar-refractivity contribution in [2.24, 2.45) is 0 Å². The number of hydrogen-bond donors (Lipinski definition) is 1. The minimum atomic E-state index is -2.42. The van der Waals surface area contributed by atoms with E-state index in [0.29, 0.717) is 17.2 Å². The summed E-state index contributed by atoms with van der Waals surface area (Å²) < 4.78 is 28.5. The van der Waals surface area contributed by atoms with Crippen LogP contribution in [-0.4, -0.2) is 30.6 Å². The molecular weight excluding hydrogens is 326 g/mol. The van der Waals surface area contributed by atoms with Crippen molar-refractivity contribution in [1.29, 1.82) is 0 Å². The summed E-state index contributed by atoms with van der Waals surface area (Å²) in [6, 6.07) is 1.86. The highest BCUT2D eigenvalue weighted by Gasteiger charge is 2.13. The van der Waals surface area contributed by atoms with Crippen molar-refractivity contribution in [3.05, 3.63) is 53.9 Å². The summed E-state index contributed by atoms with van der Waals surface area (Å²) in [7, 11) is 0. The molecule has 3 aromatic rings. The van der Waals surface area contributed by atoms with Gasteiger partial charge < -0.3 is 10.3 Å². The number of aromatic nitrogens is 5. The summed E-state index contributed by atoms with van der Waals surface area (Å²) in [5.74, 6) is 0.743. The fourth-order valence-corrected chi connectivity index (χ4v) is 2.72. The number of allylic oxidation sites excluding steroid dienone is 2. The van der Waals surface area contributed by atoms with Gasteiger partial charge in [-0.15, -0.1) is 5.10 Å². The first-order chi connectivity index (χ1) is 11.9. The van der Waals surface area contributed by atoms with Crippen LogP contribution in [0.15, 0.2) is 31.1 Å². The van der Waals surface area contributed by atoms with Gasteiger partial charge in [0.2, 0.25) is 5.95 Å². The lowest BCUT2D eigenvalue weighted by Gasteiger charge is -2.06. The summed E-state index contributed by atoms with van der Waals surface area (Å²) in [4.78, 5) is 8.34. The van der Waals surface area contributed by atoms with Gasteiger partial charge in [-0.05, 0) is 31.6 Å². The molecule has 0 spiro atoms. The predicted molar refractivity (Wildman–Crippen MR) is 93.2 cm³/mol. The Labute approximate surface area is 143 Å². The summed E-state index contributed by atoms with van der Waals surface area (Å²) in [6.07, 6.45) is 4.55. The van der Waals surface area contributed by atoms with Gasteiger partial charge in [-0.3, -0.25) is 0 Å². The van der Waals surface area contributed by atoms with Gasteiger partial charge in [0.15, 0.2) is 0 Å². The molecule has 0 unspecified atom stereocenters. The summed E-state index contributed by atoms with van der Waals surface area (Å²) >= 11 is 0. The van der Waals surface area contributed by atoms with E-state index in [4.69, 9.17) is 5.73 Å². The van der Waals surface area contributed by atoms with E-state index in [0.717, 1.165) is 16.7 Å². The molecule has 130 valence electrons. The zero-order chi connectivity index (χ0) is 18.1. The van der Waals surface area contributed by atoms with Crippen LogP contribution in [0.1, 0.15) is 22.8 Å². The second-order valence-corrected chi connectivity index (χ2v) is 5.67. The van der Waals surface area contributed by atoms with Crippen molar-refractivity contribution >= 4 is 23.1 Å². The van der Waals surface area contributed by atoms with Crippen LogP contribution in [0, 0.1) is 13.8 Å². The highest BCUT2D eigenvalue weighted by atomic mass is 19.3. The normalized spacial score (nSPS) is 11.9. The molecule has 0 aliphatic heterocycles. The predicted octanol–water partition coefficient (Wildman–Crippen LogP) is 3.12. The number of halogens is 2. The van der Waals surface area contributed by atoms with Gasteiger partial charge in [0.05, 0.1) is 24.0 Å². The number of rotatable bonds is 5. The van der Waals surface area contributed by atoms with E-state index in [1.807, 2.05) is 6.07 Å². The van der Waals surface area contributed by atoms with E-state index in [1.165, 1.54) is 4.57 Å². The topological polar surface area (TPSA) is 74.0 Å². The first kappa shape index (κ1) is 16.8. The number of fused-ring (bicyclic) bond motifs is 1. The second-order valence-electron chi connectivity index (χ2n) is 5.67. The molecule has 3 aromatic heterocycles. The molecule has 3 heterocycles. The summed E-state index contributed by atoms with van der Waals surface area (Å²) in [5.41, 5.74) is 9.27. The lowest BCUT2D eigenvalue weighted by Crippen LogP contribution is -2.09. The molecule has 0 fully saturated rings. The molecule has 0 aliphatic rings. The molecule has 0 aromatic carbocycles. The lowest BCUT2D eigenvalue weighted by atomic mass is 10.1. The van der Waals surface area contributed by atoms with Gasteiger partial charge in [0.1, 0.15) is 5.82 Å². The Morgan fingerprint density at radius 3 is 2.88 bits per heavy atom. The van der Waals surface area contributed by atoms with Crippen molar-refractivity contribution in [3.63, 3.8) is 0 Å². The molecule has 6 nitrogen and oxygen atoms in total. The van der Waals surface area contributed by atoms with Gasteiger partial charge in [-0.1, -0.05) is 12.7 Å². The number of imidazole rings is 1. The third-order valence-electron chi connectivity index (χ3n) is 3.99. The van der Waals surface area contributed by atoms with Gasteiger partial charge >= 0.3 is 0 Å². The maximum Gasteiger partial charge on any atom is 0.256 e. The third kappa shape index (κ3) is 3.28. The second kappa shape index (κ2) is 6.46. The van der Waals surface area contributed by atoms with Crippen LogP contribution >= 0.6 is 0 Å². The molecule has 0 saturated heterocycles. The Kier molecular flexibility index (Phi) is 4.35. The monoisotopic (exact) mass is 344 g/mol. The average molecular weight is 344 g/mol. The van der Waals surface area contributed by atoms with Crippen LogP contribution in [0.5, 0.6) is 0 Å². The summed E-state index contributed by atoms with van der Waals surface area (Å²) in [5, 5.41) is 4.09. The van der Waals surface area contributed by atoms with E-state index in [9.17, 15) is 8.78 Å². The number of aryl methyl sites for hydroxylation is 1. The van der Waals surface area contributed by atoms with Crippen LogP contribution < -0.4 is 5.73 Å². The molecule has 0 aliphatic carbocycles. The molecule has 0 saturated carbocycles. The van der Waals surface area contributed by atoms with E-state index in [2.05, 4.69) is 21.6 Å². The highest BCUT2D eigenvalue weighted by molar-refractivity contribution is 5.85. The van der Waals surface area contributed by atoms with Gasteiger partial charge in [0.25, 0.3) is 6.43 Å². The summed E-state index contributed by atoms with van der Waals surface area (Å²) in [6.45, 7) is 7.18. The van der Waals surface area contributed by atoms with Crippen molar-refractivity contribution in [1.82, 2.24) is 24.1 Å². The van der Waals surface area contributed by atoms with Crippen LogP contribution in [0.2, 0.25) is 0 Å². The molecule has 0 atom stereocenters. The molecular formula is C17H18F2N6. The van der Waals surface area contributed by atoms with Crippen LogP contribution in [0.4, 0.5) is 14.7 Å². The number of nitrogen functional groups attached to an aromatic ring is 1. The maximum atomic E-state index is 12.7. The molecule has 8 heteroatoms. The molecule has 2 N–H and O–H groups in total. The molecule has 0 radical (unpaired) electrons. The fraction of sp³-hybridized carbons (Fsp3) is 0.235. The zero-order valence-corrected chi connectivity index (χ0v) is 13.9. The van der Waals surface area contributed by atoms with E-state index < -0.39 is 6.43 Å². The Balaban J connectivity index is 1.87. The van der Waals surface area contributed by atoms with Crippen LogP contribution in [0.3, 0.4) is 0 Å².